The molecule has 0 heterocycles. The molecule has 0 aliphatic carbocycles. The summed E-state index contributed by atoms with van der Waals surface area (Å²) in [4.78, 5) is 11.2. The summed E-state index contributed by atoms with van der Waals surface area (Å²) in [6, 6.07) is 2.26. The molecule has 0 N–H and O–H groups in total. The van der Waals surface area contributed by atoms with Crippen LogP contribution in [0.25, 0.3) is 0 Å². The molecule has 1 aromatic carbocycles. The van der Waals surface area contributed by atoms with Crippen LogP contribution in [-0.4, -0.2) is 12.9 Å². The number of carbonyl (C=O) groups excluding carboxylic acids is 1. The van der Waals surface area contributed by atoms with Gasteiger partial charge in [-0.05, 0) is 19.1 Å². The zero-order chi connectivity index (χ0) is 12.5. The average molecular weight is 297 g/mol. The standard InChI is InChI=1S/C10H8BrF3O2/c1-5(15)7-3-6(16-2)4-8(11)9(7)10(12,13)14/h3-4H,1-2H3. The predicted octanol–water partition coefficient (Wildman–Crippen LogP) is 3.68. The summed E-state index contributed by atoms with van der Waals surface area (Å²) in [5.41, 5.74) is -1.38. The minimum absolute atomic E-state index is 0.199. The van der Waals surface area contributed by atoms with E-state index < -0.39 is 23.1 Å². The highest BCUT2D eigenvalue weighted by Crippen LogP contribution is 2.39. The summed E-state index contributed by atoms with van der Waals surface area (Å²) < 4.78 is 42.6. The van der Waals surface area contributed by atoms with Gasteiger partial charge in [0.2, 0.25) is 0 Å². The van der Waals surface area contributed by atoms with Gasteiger partial charge in [-0.3, -0.25) is 4.79 Å². The minimum atomic E-state index is -4.58. The Bertz CT molecular complexity index is 427. The number of halogens is 4. The van der Waals surface area contributed by atoms with Crippen molar-refractivity contribution in [2.45, 2.75) is 13.1 Å². The Balaban J connectivity index is 3.53. The van der Waals surface area contributed by atoms with Crippen LogP contribution in [0.4, 0.5) is 13.2 Å². The van der Waals surface area contributed by atoms with E-state index in [4.69, 9.17) is 4.74 Å². The van der Waals surface area contributed by atoms with E-state index in [0.29, 0.717) is 0 Å². The first-order valence-corrected chi connectivity index (χ1v) is 5.02. The second-order valence-electron chi connectivity index (χ2n) is 3.09. The SMILES string of the molecule is COc1cc(Br)c(C(F)(F)F)c(C(C)=O)c1. The zero-order valence-electron chi connectivity index (χ0n) is 8.48. The summed E-state index contributed by atoms with van der Waals surface area (Å²) in [6.07, 6.45) is -4.58. The van der Waals surface area contributed by atoms with E-state index in [1.54, 1.807) is 0 Å². The highest BCUT2D eigenvalue weighted by molar-refractivity contribution is 9.10. The van der Waals surface area contributed by atoms with Crippen molar-refractivity contribution in [3.8, 4) is 5.75 Å². The number of benzene rings is 1. The van der Waals surface area contributed by atoms with Crippen molar-refractivity contribution >= 4 is 21.7 Å². The average Bonchev–Trinajstić information content (AvgIpc) is 2.14. The minimum Gasteiger partial charge on any atom is -0.497 e. The smallest absolute Gasteiger partial charge is 0.418 e. The molecule has 0 amide bonds. The molecular weight excluding hydrogens is 289 g/mol. The fourth-order valence-corrected chi connectivity index (χ4v) is 1.93. The molecule has 6 heteroatoms. The van der Waals surface area contributed by atoms with E-state index in [0.717, 1.165) is 13.0 Å². The first-order chi connectivity index (χ1) is 7.27. The lowest BCUT2D eigenvalue weighted by Gasteiger charge is -2.14. The quantitative estimate of drug-likeness (QED) is 0.778. The van der Waals surface area contributed by atoms with Crippen LogP contribution in [0.2, 0.25) is 0 Å². The molecule has 0 spiro atoms. The molecule has 88 valence electrons. The van der Waals surface area contributed by atoms with Crippen LogP contribution in [0.15, 0.2) is 16.6 Å². The number of rotatable bonds is 2. The van der Waals surface area contributed by atoms with Crippen LogP contribution < -0.4 is 4.74 Å². The van der Waals surface area contributed by atoms with E-state index >= 15 is 0 Å². The maximum absolute atomic E-state index is 12.7. The van der Waals surface area contributed by atoms with Crippen LogP contribution in [0.3, 0.4) is 0 Å². The van der Waals surface area contributed by atoms with Gasteiger partial charge in [0, 0.05) is 10.0 Å². The van der Waals surface area contributed by atoms with Crippen molar-refractivity contribution < 1.29 is 22.7 Å². The summed E-state index contributed by atoms with van der Waals surface area (Å²) in [7, 11) is 1.32. The van der Waals surface area contributed by atoms with E-state index in [2.05, 4.69) is 15.9 Å². The van der Waals surface area contributed by atoms with Gasteiger partial charge >= 0.3 is 6.18 Å². The Morgan fingerprint density at radius 3 is 2.31 bits per heavy atom. The van der Waals surface area contributed by atoms with Gasteiger partial charge in [0.05, 0.1) is 12.7 Å². The van der Waals surface area contributed by atoms with Crippen molar-refractivity contribution in [2.75, 3.05) is 7.11 Å². The first-order valence-electron chi connectivity index (χ1n) is 4.23. The third-order valence-electron chi connectivity index (χ3n) is 1.96. The molecule has 2 nitrogen and oxygen atoms in total. The van der Waals surface area contributed by atoms with Crippen LogP contribution in [-0.2, 0) is 6.18 Å². The molecule has 0 saturated carbocycles. The monoisotopic (exact) mass is 296 g/mol. The molecule has 1 rings (SSSR count). The number of Topliss-reactive ketones (excluding diaryl/α,β-unsaturated/α-hetero) is 1. The lowest BCUT2D eigenvalue weighted by atomic mass is 10.0. The topological polar surface area (TPSA) is 26.3 Å². The molecule has 0 radical (unpaired) electrons. The molecule has 0 aliphatic rings. The first kappa shape index (κ1) is 13.0. The molecule has 0 bridgehead atoms. The lowest BCUT2D eigenvalue weighted by molar-refractivity contribution is -0.138. The van der Waals surface area contributed by atoms with Gasteiger partial charge in [-0.2, -0.15) is 13.2 Å². The molecule has 0 fully saturated rings. The second kappa shape index (κ2) is 4.45. The van der Waals surface area contributed by atoms with Gasteiger partial charge in [-0.25, -0.2) is 0 Å². The summed E-state index contributed by atoms with van der Waals surface area (Å²) >= 11 is 2.79. The predicted molar refractivity (Wildman–Crippen MR) is 55.7 cm³/mol. The van der Waals surface area contributed by atoms with Crippen molar-refractivity contribution in [3.05, 3.63) is 27.7 Å². The number of hydrogen-bond donors (Lipinski definition) is 0. The molecule has 0 aliphatic heterocycles. The fourth-order valence-electron chi connectivity index (χ4n) is 1.27. The van der Waals surface area contributed by atoms with Gasteiger partial charge in [-0.15, -0.1) is 0 Å². The van der Waals surface area contributed by atoms with Crippen LogP contribution >= 0.6 is 15.9 Å². The lowest BCUT2D eigenvalue weighted by Crippen LogP contribution is -2.13. The van der Waals surface area contributed by atoms with E-state index in [1.165, 1.54) is 13.2 Å². The maximum Gasteiger partial charge on any atom is 0.418 e. The number of methoxy groups -OCH3 is 1. The number of alkyl halides is 3. The maximum atomic E-state index is 12.7. The van der Waals surface area contributed by atoms with Gasteiger partial charge < -0.3 is 4.74 Å². The normalized spacial score (nSPS) is 11.4. The Morgan fingerprint density at radius 2 is 1.94 bits per heavy atom. The van der Waals surface area contributed by atoms with Gasteiger partial charge in [0.1, 0.15) is 5.75 Å². The molecule has 0 atom stereocenters. The van der Waals surface area contributed by atoms with Crippen molar-refractivity contribution in [1.29, 1.82) is 0 Å². The molecule has 0 saturated heterocycles. The summed E-state index contributed by atoms with van der Waals surface area (Å²) in [6.45, 7) is 1.08. The largest absolute Gasteiger partial charge is 0.497 e. The molecule has 0 aromatic heterocycles. The number of ether oxygens (including phenoxy) is 1. The Morgan fingerprint density at radius 1 is 1.38 bits per heavy atom. The molecular formula is C10H8BrF3O2. The van der Waals surface area contributed by atoms with E-state index in [-0.39, 0.29) is 10.2 Å². The van der Waals surface area contributed by atoms with Gasteiger partial charge in [-0.1, -0.05) is 15.9 Å². The van der Waals surface area contributed by atoms with E-state index in [1.807, 2.05) is 0 Å². The second-order valence-corrected chi connectivity index (χ2v) is 3.94. The fraction of sp³-hybridized carbons (Fsp3) is 0.300. The third kappa shape index (κ3) is 2.55. The Kier molecular flexibility index (Phi) is 3.62. The molecule has 16 heavy (non-hydrogen) atoms. The molecule has 0 unspecified atom stereocenters. The van der Waals surface area contributed by atoms with Gasteiger partial charge in [0.25, 0.3) is 0 Å². The van der Waals surface area contributed by atoms with Gasteiger partial charge in [0.15, 0.2) is 5.78 Å². The van der Waals surface area contributed by atoms with Crippen LogP contribution in [0.5, 0.6) is 5.75 Å². The van der Waals surface area contributed by atoms with Crippen LogP contribution in [0.1, 0.15) is 22.8 Å². The third-order valence-corrected chi connectivity index (χ3v) is 2.59. The zero-order valence-corrected chi connectivity index (χ0v) is 10.1. The van der Waals surface area contributed by atoms with Crippen molar-refractivity contribution in [2.24, 2.45) is 0 Å². The summed E-state index contributed by atoms with van der Waals surface area (Å²) in [5, 5.41) is 0. The number of carbonyl (C=O) groups is 1. The highest BCUT2D eigenvalue weighted by Gasteiger charge is 2.37. The highest BCUT2D eigenvalue weighted by atomic mass is 79.9. The Labute approximate surface area is 98.5 Å². The molecule has 1 aromatic rings. The number of ketones is 1. The Hall–Kier alpha value is -1.04. The number of hydrogen-bond acceptors (Lipinski definition) is 2. The van der Waals surface area contributed by atoms with E-state index in [9.17, 15) is 18.0 Å². The van der Waals surface area contributed by atoms with Crippen LogP contribution in [0, 0.1) is 0 Å². The van der Waals surface area contributed by atoms with Crippen molar-refractivity contribution in [1.82, 2.24) is 0 Å². The van der Waals surface area contributed by atoms with Crippen molar-refractivity contribution in [3.63, 3.8) is 0 Å². The summed E-state index contributed by atoms with van der Waals surface area (Å²) in [5.74, 6) is -0.461.